The van der Waals surface area contributed by atoms with Crippen molar-refractivity contribution in [3.8, 4) is 0 Å². The van der Waals surface area contributed by atoms with Crippen LogP contribution in [0.5, 0.6) is 0 Å². The van der Waals surface area contributed by atoms with Crippen LogP contribution in [0.4, 0.5) is 0 Å². The van der Waals surface area contributed by atoms with Gasteiger partial charge in [0.1, 0.15) is 0 Å². The van der Waals surface area contributed by atoms with E-state index < -0.39 is 9.84 Å². The van der Waals surface area contributed by atoms with Crippen molar-refractivity contribution in [1.82, 2.24) is 15.0 Å². The third-order valence-electron chi connectivity index (χ3n) is 4.94. The van der Waals surface area contributed by atoms with Crippen molar-refractivity contribution < 1.29 is 17.7 Å². The molecule has 24 heavy (non-hydrogen) atoms. The minimum absolute atomic E-state index is 0.0293. The summed E-state index contributed by atoms with van der Waals surface area (Å²) in [7, 11) is -1.38. The summed E-state index contributed by atoms with van der Waals surface area (Å²) in [5, 5.41) is 4.56. The predicted octanol–water partition coefficient (Wildman–Crippen LogP) is 1.67. The van der Waals surface area contributed by atoms with Gasteiger partial charge in [0.2, 0.25) is 0 Å². The van der Waals surface area contributed by atoms with Crippen molar-refractivity contribution in [2.75, 3.05) is 18.6 Å². The maximum Gasteiger partial charge on any atom is 0.259 e. The summed E-state index contributed by atoms with van der Waals surface area (Å²) < 4.78 is 28.7. The summed E-state index contributed by atoms with van der Waals surface area (Å²) in [6, 6.07) is 1.54. The third kappa shape index (κ3) is 2.58. The van der Waals surface area contributed by atoms with Crippen LogP contribution >= 0.6 is 0 Å². The fraction of sp³-hybridized carbons (Fsp3) is 0.562. The second-order valence-electron chi connectivity index (χ2n) is 6.79. The molecule has 0 N–H and O–H groups in total. The molecule has 2 aliphatic rings. The molecule has 1 amide bonds. The lowest BCUT2D eigenvalue weighted by atomic mass is 10.1. The number of nitrogens with zero attached hydrogens (tertiary/aromatic N) is 3. The van der Waals surface area contributed by atoms with Gasteiger partial charge in [-0.15, -0.1) is 0 Å². The largest absolute Gasteiger partial charge is 0.338 e. The van der Waals surface area contributed by atoms with Gasteiger partial charge in [-0.2, -0.15) is 0 Å². The molecule has 0 radical (unpaired) electrons. The van der Waals surface area contributed by atoms with Crippen LogP contribution < -0.4 is 0 Å². The number of hydrogen-bond acceptors (Lipinski definition) is 6. The van der Waals surface area contributed by atoms with Crippen LogP contribution in [0.1, 0.15) is 46.9 Å². The van der Waals surface area contributed by atoms with E-state index in [1.54, 1.807) is 18.9 Å². The SMILES string of the molecule is Cc1noc2nc(C3CC3)cc(C(=O)N(C)C3CCS(=O)(=O)C3)c12. The number of carbonyl (C=O) groups is 1. The fourth-order valence-electron chi connectivity index (χ4n) is 3.31. The van der Waals surface area contributed by atoms with Crippen molar-refractivity contribution in [1.29, 1.82) is 0 Å². The molecule has 1 aliphatic carbocycles. The Morgan fingerprint density at radius 3 is 2.71 bits per heavy atom. The number of aromatic nitrogens is 2. The van der Waals surface area contributed by atoms with Gasteiger partial charge in [-0.25, -0.2) is 13.4 Å². The molecule has 128 valence electrons. The molecule has 8 heteroatoms. The van der Waals surface area contributed by atoms with E-state index >= 15 is 0 Å². The molecule has 7 nitrogen and oxygen atoms in total. The molecule has 2 fully saturated rings. The molecule has 0 spiro atoms. The minimum Gasteiger partial charge on any atom is -0.338 e. The van der Waals surface area contributed by atoms with E-state index in [9.17, 15) is 13.2 Å². The standard InChI is InChI=1S/C16H19N3O4S/c1-9-14-12(7-13(10-3-4-10)17-15(14)23-18-9)16(20)19(2)11-5-6-24(21,22)8-11/h7,10-11H,3-6,8H2,1-2H3. The quantitative estimate of drug-likeness (QED) is 0.837. The number of pyridine rings is 1. The first-order chi connectivity index (χ1) is 11.4. The van der Waals surface area contributed by atoms with Crippen LogP contribution in [0, 0.1) is 6.92 Å². The van der Waals surface area contributed by atoms with Gasteiger partial charge < -0.3 is 9.42 Å². The van der Waals surface area contributed by atoms with E-state index in [1.165, 1.54) is 0 Å². The summed E-state index contributed by atoms with van der Waals surface area (Å²) in [6.45, 7) is 1.78. The fourth-order valence-corrected chi connectivity index (χ4v) is 5.08. The van der Waals surface area contributed by atoms with Gasteiger partial charge in [0.05, 0.1) is 28.1 Å². The molecule has 2 aromatic rings. The summed E-state index contributed by atoms with van der Waals surface area (Å²) in [6.07, 6.45) is 2.61. The first-order valence-corrected chi connectivity index (χ1v) is 9.92. The Morgan fingerprint density at radius 2 is 2.08 bits per heavy atom. The van der Waals surface area contributed by atoms with E-state index in [4.69, 9.17) is 4.52 Å². The zero-order valence-corrected chi connectivity index (χ0v) is 14.5. The molecule has 2 aromatic heterocycles. The van der Waals surface area contributed by atoms with Crippen molar-refractivity contribution >= 4 is 26.8 Å². The Morgan fingerprint density at radius 1 is 1.33 bits per heavy atom. The van der Waals surface area contributed by atoms with Crippen LogP contribution in [-0.2, 0) is 9.84 Å². The smallest absolute Gasteiger partial charge is 0.259 e. The molecule has 1 atom stereocenters. The molecule has 1 unspecified atom stereocenters. The average molecular weight is 349 g/mol. The summed E-state index contributed by atoms with van der Waals surface area (Å²) in [5.41, 5.74) is 2.37. The zero-order valence-electron chi connectivity index (χ0n) is 13.7. The van der Waals surface area contributed by atoms with Gasteiger partial charge in [0, 0.05) is 24.7 Å². The second-order valence-corrected chi connectivity index (χ2v) is 9.02. The van der Waals surface area contributed by atoms with E-state index in [-0.39, 0.29) is 23.5 Å². The highest BCUT2D eigenvalue weighted by Gasteiger charge is 2.35. The molecule has 1 aliphatic heterocycles. The lowest BCUT2D eigenvalue weighted by Crippen LogP contribution is -2.38. The lowest BCUT2D eigenvalue weighted by molar-refractivity contribution is 0.0749. The number of carbonyl (C=O) groups excluding carboxylic acids is 1. The van der Waals surface area contributed by atoms with Gasteiger partial charge in [0.25, 0.3) is 11.6 Å². The minimum atomic E-state index is -3.04. The number of rotatable bonds is 3. The van der Waals surface area contributed by atoms with Crippen LogP contribution in [0.25, 0.3) is 11.1 Å². The van der Waals surface area contributed by atoms with Crippen LogP contribution in [-0.4, -0.2) is 54.0 Å². The Bertz CT molecular complexity index is 930. The zero-order chi connectivity index (χ0) is 17.1. The number of aryl methyl sites for hydroxylation is 1. The van der Waals surface area contributed by atoms with Crippen molar-refractivity contribution in [2.24, 2.45) is 0 Å². The number of amides is 1. The first-order valence-electron chi connectivity index (χ1n) is 8.10. The van der Waals surface area contributed by atoms with Crippen LogP contribution in [0.2, 0.25) is 0 Å². The summed E-state index contributed by atoms with van der Waals surface area (Å²) in [4.78, 5) is 19.1. The van der Waals surface area contributed by atoms with Gasteiger partial charge in [-0.3, -0.25) is 4.79 Å². The normalized spacial score (nSPS) is 22.8. The number of sulfone groups is 1. The Labute approximate surface area is 139 Å². The summed E-state index contributed by atoms with van der Waals surface area (Å²) >= 11 is 0. The molecule has 0 bridgehead atoms. The van der Waals surface area contributed by atoms with Gasteiger partial charge in [-0.1, -0.05) is 5.16 Å². The molecule has 1 saturated carbocycles. The molecular formula is C16H19N3O4S. The average Bonchev–Trinajstić information content (AvgIpc) is 3.25. The predicted molar refractivity (Wildman–Crippen MR) is 87.7 cm³/mol. The van der Waals surface area contributed by atoms with Crippen LogP contribution in [0.15, 0.2) is 10.6 Å². The van der Waals surface area contributed by atoms with Crippen molar-refractivity contribution in [2.45, 2.75) is 38.1 Å². The lowest BCUT2D eigenvalue weighted by Gasteiger charge is -2.24. The maximum absolute atomic E-state index is 13.0. The van der Waals surface area contributed by atoms with E-state index in [1.807, 2.05) is 6.07 Å². The van der Waals surface area contributed by atoms with E-state index in [0.717, 1.165) is 18.5 Å². The number of fused-ring (bicyclic) bond motifs is 1. The van der Waals surface area contributed by atoms with Crippen molar-refractivity contribution in [3.05, 3.63) is 23.0 Å². The van der Waals surface area contributed by atoms with E-state index in [2.05, 4.69) is 10.1 Å². The summed E-state index contributed by atoms with van der Waals surface area (Å²) in [5.74, 6) is 0.351. The monoisotopic (exact) mass is 349 g/mol. The maximum atomic E-state index is 13.0. The molecular weight excluding hydrogens is 330 g/mol. The third-order valence-corrected chi connectivity index (χ3v) is 6.69. The highest BCUT2D eigenvalue weighted by atomic mass is 32.2. The van der Waals surface area contributed by atoms with Gasteiger partial charge >= 0.3 is 0 Å². The molecule has 4 rings (SSSR count). The highest BCUT2D eigenvalue weighted by Crippen LogP contribution is 2.40. The topological polar surface area (TPSA) is 93.4 Å². The van der Waals surface area contributed by atoms with Gasteiger partial charge in [0.15, 0.2) is 9.84 Å². The first kappa shape index (κ1) is 15.6. The van der Waals surface area contributed by atoms with Crippen LogP contribution in [0.3, 0.4) is 0 Å². The van der Waals surface area contributed by atoms with E-state index in [0.29, 0.717) is 34.7 Å². The van der Waals surface area contributed by atoms with Crippen molar-refractivity contribution in [3.63, 3.8) is 0 Å². The Balaban J connectivity index is 1.74. The highest BCUT2D eigenvalue weighted by molar-refractivity contribution is 7.91. The number of hydrogen-bond donors (Lipinski definition) is 0. The van der Waals surface area contributed by atoms with Gasteiger partial charge in [-0.05, 0) is 32.3 Å². The molecule has 1 saturated heterocycles. The molecule has 0 aromatic carbocycles. The Kier molecular flexibility index (Phi) is 3.42. The molecule has 3 heterocycles. The second kappa shape index (κ2) is 5.27. The Hall–Kier alpha value is -1.96.